The molecule has 2 rings (SSSR count). The molecular weight excluding hydrogens is 295 g/mol. The number of nitrogens with one attached hydrogen (secondary N) is 1. The molecule has 2 amide bonds. The average molecular weight is 310 g/mol. The molecule has 2 N–H and O–H groups in total. The number of hydroxylamine groups is 2. The Hall–Kier alpha value is -2.48. The van der Waals surface area contributed by atoms with Crippen LogP contribution in [0.15, 0.2) is 18.2 Å². The SMILES string of the molecule is CON(C)C(=O)c1cc(F)ccc1NC(=O)[C@@H]1C[C@@H]1C(=O)O. The minimum Gasteiger partial charge on any atom is -0.481 e. The highest BCUT2D eigenvalue weighted by Crippen LogP contribution is 2.39. The molecule has 0 bridgehead atoms. The molecule has 0 radical (unpaired) electrons. The van der Waals surface area contributed by atoms with E-state index in [1.165, 1.54) is 20.2 Å². The summed E-state index contributed by atoms with van der Waals surface area (Å²) in [6, 6.07) is 3.33. The number of amides is 2. The van der Waals surface area contributed by atoms with E-state index in [4.69, 9.17) is 9.94 Å². The third-order valence-corrected chi connectivity index (χ3v) is 3.47. The van der Waals surface area contributed by atoms with Crippen molar-refractivity contribution in [3.8, 4) is 0 Å². The maximum Gasteiger partial charge on any atom is 0.307 e. The molecule has 1 aliphatic rings. The molecule has 1 aromatic rings. The fourth-order valence-corrected chi connectivity index (χ4v) is 2.04. The van der Waals surface area contributed by atoms with Gasteiger partial charge in [-0.05, 0) is 24.6 Å². The van der Waals surface area contributed by atoms with Gasteiger partial charge < -0.3 is 10.4 Å². The number of rotatable bonds is 5. The average Bonchev–Trinajstić information content (AvgIpc) is 3.28. The summed E-state index contributed by atoms with van der Waals surface area (Å²) in [5.74, 6) is -4.15. The van der Waals surface area contributed by atoms with Crippen molar-refractivity contribution in [2.45, 2.75) is 6.42 Å². The molecule has 1 fully saturated rings. The molecule has 22 heavy (non-hydrogen) atoms. The van der Waals surface area contributed by atoms with Crippen LogP contribution in [-0.4, -0.2) is 42.1 Å². The van der Waals surface area contributed by atoms with Gasteiger partial charge in [0.2, 0.25) is 5.91 Å². The number of carboxylic acids is 1. The van der Waals surface area contributed by atoms with Gasteiger partial charge in [0.15, 0.2) is 0 Å². The first-order valence-corrected chi connectivity index (χ1v) is 6.50. The Balaban J connectivity index is 2.19. The van der Waals surface area contributed by atoms with Crippen LogP contribution in [-0.2, 0) is 14.4 Å². The van der Waals surface area contributed by atoms with Gasteiger partial charge in [-0.25, -0.2) is 9.45 Å². The van der Waals surface area contributed by atoms with Gasteiger partial charge >= 0.3 is 5.97 Å². The summed E-state index contributed by atoms with van der Waals surface area (Å²) in [4.78, 5) is 39.6. The summed E-state index contributed by atoms with van der Waals surface area (Å²) in [7, 11) is 2.62. The zero-order chi connectivity index (χ0) is 16.4. The molecule has 2 atom stereocenters. The van der Waals surface area contributed by atoms with Gasteiger partial charge in [-0.15, -0.1) is 0 Å². The van der Waals surface area contributed by atoms with Crippen LogP contribution < -0.4 is 5.32 Å². The summed E-state index contributed by atoms with van der Waals surface area (Å²) in [6.07, 6.45) is 0.254. The lowest BCUT2D eigenvalue weighted by atomic mass is 10.1. The van der Waals surface area contributed by atoms with E-state index in [9.17, 15) is 18.8 Å². The molecule has 0 saturated heterocycles. The quantitative estimate of drug-likeness (QED) is 0.795. The highest BCUT2D eigenvalue weighted by atomic mass is 19.1. The summed E-state index contributed by atoms with van der Waals surface area (Å²) < 4.78 is 13.3. The molecule has 1 saturated carbocycles. The molecule has 7 nitrogen and oxygen atoms in total. The van der Waals surface area contributed by atoms with E-state index in [1.807, 2.05) is 0 Å². The van der Waals surface area contributed by atoms with Crippen LogP contribution in [0.25, 0.3) is 0 Å². The Bertz CT molecular complexity index is 634. The largest absolute Gasteiger partial charge is 0.481 e. The second-order valence-corrected chi connectivity index (χ2v) is 4.95. The van der Waals surface area contributed by atoms with Gasteiger partial charge in [0, 0.05) is 7.05 Å². The highest BCUT2D eigenvalue weighted by molar-refractivity contribution is 6.05. The number of carbonyl (C=O) groups excluding carboxylic acids is 2. The molecule has 0 unspecified atom stereocenters. The van der Waals surface area contributed by atoms with E-state index in [-0.39, 0.29) is 17.7 Å². The second kappa shape index (κ2) is 6.10. The highest BCUT2D eigenvalue weighted by Gasteiger charge is 2.48. The summed E-state index contributed by atoms with van der Waals surface area (Å²) in [5, 5.41) is 12.2. The summed E-state index contributed by atoms with van der Waals surface area (Å²) in [5.41, 5.74) is 0.0292. The standard InChI is InChI=1S/C14H15FN2O5/c1-17(22-2)13(19)10-5-7(15)3-4-11(10)16-12(18)8-6-9(8)14(20)21/h3-5,8-9H,6H2,1-2H3,(H,16,18)(H,20,21)/t8-,9+/m1/s1. The van der Waals surface area contributed by atoms with Gasteiger partial charge in [0.05, 0.1) is 30.2 Å². The number of anilines is 1. The number of aliphatic carboxylic acids is 1. The predicted molar refractivity (Wildman–Crippen MR) is 73.4 cm³/mol. The second-order valence-electron chi connectivity index (χ2n) is 4.95. The first-order chi connectivity index (χ1) is 10.3. The Labute approximate surface area is 125 Å². The zero-order valence-electron chi connectivity index (χ0n) is 12.0. The molecule has 118 valence electrons. The monoisotopic (exact) mass is 310 g/mol. The lowest BCUT2D eigenvalue weighted by Crippen LogP contribution is -2.27. The van der Waals surface area contributed by atoms with Crippen molar-refractivity contribution in [2.75, 3.05) is 19.5 Å². The predicted octanol–water partition coefficient (Wildman–Crippen LogP) is 1.12. The lowest BCUT2D eigenvalue weighted by Gasteiger charge is -2.16. The first-order valence-electron chi connectivity index (χ1n) is 6.50. The van der Waals surface area contributed by atoms with E-state index in [0.29, 0.717) is 0 Å². The number of hydrogen-bond acceptors (Lipinski definition) is 4. The number of halogens is 1. The van der Waals surface area contributed by atoms with E-state index in [1.54, 1.807) is 0 Å². The van der Waals surface area contributed by atoms with Crippen LogP contribution in [0.4, 0.5) is 10.1 Å². The van der Waals surface area contributed by atoms with Crippen molar-refractivity contribution >= 4 is 23.5 Å². The number of carboxylic acid groups (broad SMARTS) is 1. The van der Waals surface area contributed by atoms with Crippen LogP contribution >= 0.6 is 0 Å². The molecule has 1 aromatic carbocycles. The maximum atomic E-state index is 13.3. The summed E-state index contributed by atoms with van der Waals surface area (Å²) in [6.45, 7) is 0. The number of benzene rings is 1. The Morgan fingerprint density at radius 1 is 1.36 bits per heavy atom. The molecule has 0 aromatic heterocycles. The van der Waals surface area contributed by atoms with Crippen molar-refractivity contribution in [3.63, 3.8) is 0 Å². The zero-order valence-corrected chi connectivity index (χ0v) is 12.0. The molecule has 0 spiro atoms. The topological polar surface area (TPSA) is 95.9 Å². The Kier molecular flexibility index (Phi) is 4.41. The third-order valence-electron chi connectivity index (χ3n) is 3.47. The number of carbonyl (C=O) groups is 3. The van der Waals surface area contributed by atoms with Gasteiger partial charge in [0.1, 0.15) is 5.82 Å². The van der Waals surface area contributed by atoms with Crippen molar-refractivity contribution in [2.24, 2.45) is 11.8 Å². The number of nitrogens with zero attached hydrogens (tertiary/aromatic N) is 1. The van der Waals surface area contributed by atoms with Crippen LogP contribution in [0.1, 0.15) is 16.8 Å². The van der Waals surface area contributed by atoms with Gasteiger partial charge in [-0.1, -0.05) is 0 Å². The van der Waals surface area contributed by atoms with Crippen LogP contribution in [0.5, 0.6) is 0 Å². The smallest absolute Gasteiger partial charge is 0.307 e. The lowest BCUT2D eigenvalue weighted by molar-refractivity contribution is -0.139. The van der Waals surface area contributed by atoms with Gasteiger partial charge in [-0.2, -0.15) is 0 Å². The molecule has 0 heterocycles. The van der Waals surface area contributed by atoms with E-state index in [0.717, 1.165) is 17.2 Å². The fraction of sp³-hybridized carbons (Fsp3) is 0.357. The van der Waals surface area contributed by atoms with E-state index >= 15 is 0 Å². The van der Waals surface area contributed by atoms with Crippen molar-refractivity contribution in [1.29, 1.82) is 0 Å². The van der Waals surface area contributed by atoms with Gasteiger partial charge in [0.25, 0.3) is 5.91 Å². The Morgan fingerprint density at radius 3 is 2.59 bits per heavy atom. The third kappa shape index (κ3) is 3.22. The Morgan fingerprint density at radius 2 is 2.05 bits per heavy atom. The molecule has 1 aliphatic carbocycles. The molecule has 0 aliphatic heterocycles. The summed E-state index contributed by atoms with van der Waals surface area (Å²) >= 11 is 0. The normalized spacial score (nSPS) is 19.4. The van der Waals surface area contributed by atoms with E-state index < -0.39 is 35.4 Å². The van der Waals surface area contributed by atoms with Crippen LogP contribution in [0, 0.1) is 17.7 Å². The van der Waals surface area contributed by atoms with E-state index in [2.05, 4.69) is 5.32 Å². The minimum atomic E-state index is -1.03. The number of hydrogen-bond donors (Lipinski definition) is 2. The van der Waals surface area contributed by atoms with Crippen molar-refractivity contribution in [3.05, 3.63) is 29.6 Å². The fourth-order valence-electron chi connectivity index (χ4n) is 2.04. The first kappa shape index (κ1) is 15.9. The van der Waals surface area contributed by atoms with Crippen LogP contribution in [0.2, 0.25) is 0 Å². The molecule has 8 heteroatoms. The minimum absolute atomic E-state index is 0.0785. The maximum absolute atomic E-state index is 13.3. The van der Waals surface area contributed by atoms with Crippen LogP contribution in [0.3, 0.4) is 0 Å². The van der Waals surface area contributed by atoms with Crippen molar-refractivity contribution < 1.29 is 28.7 Å². The molecular formula is C14H15FN2O5. The van der Waals surface area contributed by atoms with Crippen molar-refractivity contribution in [1.82, 2.24) is 5.06 Å². The van der Waals surface area contributed by atoms with Gasteiger partial charge in [-0.3, -0.25) is 19.2 Å².